The summed E-state index contributed by atoms with van der Waals surface area (Å²) in [5.41, 5.74) is 5.01. The number of hydrazine groups is 1. The molecule has 11 heteroatoms. The van der Waals surface area contributed by atoms with Crippen molar-refractivity contribution in [1.82, 2.24) is 10.4 Å². The summed E-state index contributed by atoms with van der Waals surface area (Å²) in [6, 6.07) is 8.53. The number of carbonyl (C=O) groups excluding carboxylic acids is 4. The third-order valence-corrected chi connectivity index (χ3v) is 6.33. The summed E-state index contributed by atoms with van der Waals surface area (Å²) in [6.45, 7) is 3.15. The van der Waals surface area contributed by atoms with Crippen LogP contribution in [0.3, 0.4) is 0 Å². The molecule has 1 heterocycles. The number of methoxy groups -OCH3 is 2. The topological polar surface area (TPSA) is 123 Å². The lowest BCUT2D eigenvalue weighted by Crippen LogP contribution is -2.43. The lowest BCUT2D eigenvalue weighted by atomic mass is 10.1. The lowest BCUT2D eigenvalue weighted by Gasteiger charge is -2.19. The van der Waals surface area contributed by atoms with Gasteiger partial charge in [-0.1, -0.05) is 22.0 Å². The summed E-state index contributed by atoms with van der Waals surface area (Å²) < 4.78 is 16.5. The quantitative estimate of drug-likeness (QED) is 0.487. The molecule has 0 radical (unpaired) electrons. The average molecular weight is 548 g/mol. The predicted molar refractivity (Wildman–Crippen MR) is 130 cm³/mol. The van der Waals surface area contributed by atoms with Crippen LogP contribution in [0.25, 0.3) is 0 Å². The largest absolute Gasteiger partial charge is 0.496 e. The molecule has 1 saturated heterocycles. The molecule has 0 bridgehead atoms. The third-order valence-electron chi connectivity index (χ3n) is 5.47. The number of carbonyl (C=O) groups is 4. The molecule has 0 unspecified atom stereocenters. The first-order chi connectivity index (χ1) is 16.6. The van der Waals surface area contributed by atoms with Crippen molar-refractivity contribution >= 4 is 45.3 Å². The fraction of sp³-hybridized carbons (Fsp3) is 0.333. The van der Waals surface area contributed by atoms with Gasteiger partial charge in [0.25, 0.3) is 11.8 Å². The molecular formula is C24H26BrN3O7. The first-order valence-corrected chi connectivity index (χ1v) is 11.5. The fourth-order valence-corrected chi connectivity index (χ4v) is 4.04. The van der Waals surface area contributed by atoms with Crippen molar-refractivity contribution in [2.75, 3.05) is 32.7 Å². The second-order valence-corrected chi connectivity index (χ2v) is 8.81. The zero-order chi connectivity index (χ0) is 25.7. The number of anilines is 1. The van der Waals surface area contributed by atoms with Gasteiger partial charge < -0.3 is 19.5 Å². The fourth-order valence-electron chi connectivity index (χ4n) is 3.58. The van der Waals surface area contributed by atoms with Gasteiger partial charge in [0.15, 0.2) is 6.61 Å². The van der Waals surface area contributed by atoms with Crippen LogP contribution in [-0.2, 0) is 19.1 Å². The highest BCUT2D eigenvalue weighted by molar-refractivity contribution is 9.10. The summed E-state index contributed by atoms with van der Waals surface area (Å²) in [5, 5.41) is 3.76. The Labute approximate surface area is 211 Å². The summed E-state index contributed by atoms with van der Waals surface area (Å²) in [4.78, 5) is 50.0. The van der Waals surface area contributed by atoms with Crippen LogP contribution in [0.2, 0.25) is 0 Å². The zero-order valence-corrected chi connectivity index (χ0v) is 21.4. The molecule has 1 atom stereocenters. The van der Waals surface area contributed by atoms with Crippen LogP contribution in [0, 0.1) is 19.8 Å². The first-order valence-electron chi connectivity index (χ1n) is 10.7. The molecule has 3 rings (SSSR count). The van der Waals surface area contributed by atoms with Gasteiger partial charge in [-0.25, -0.2) is 0 Å². The van der Waals surface area contributed by atoms with E-state index in [1.807, 2.05) is 26.0 Å². The van der Waals surface area contributed by atoms with Crippen molar-refractivity contribution in [3.05, 3.63) is 51.5 Å². The van der Waals surface area contributed by atoms with Crippen LogP contribution < -0.4 is 20.2 Å². The van der Waals surface area contributed by atoms with Gasteiger partial charge in [-0.05, 0) is 49.2 Å². The van der Waals surface area contributed by atoms with E-state index in [-0.39, 0.29) is 30.0 Å². The average Bonchev–Trinajstić information content (AvgIpc) is 3.20. The first kappa shape index (κ1) is 26.0. The molecule has 0 saturated carbocycles. The minimum Gasteiger partial charge on any atom is -0.496 e. The number of nitrogens with zero attached hydrogens (tertiary/aromatic N) is 1. The van der Waals surface area contributed by atoms with Gasteiger partial charge in [-0.15, -0.1) is 0 Å². The third kappa shape index (κ3) is 6.10. The van der Waals surface area contributed by atoms with Crippen molar-refractivity contribution < 1.29 is 33.4 Å². The number of esters is 1. The Bertz CT molecular complexity index is 1150. The molecule has 2 N–H and O–H groups in total. The van der Waals surface area contributed by atoms with Crippen molar-refractivity contribution in [3.63, 3.8) is 0 Å². The van der Waals surface area contributed by atoms with Gasteiger partial charge >= 0.3 is 5.97 Å². The smallest absolute Gasteiger partial charge is 0.311 e. The molecule has 3 amide bonds. The number of hydrogen-bond donors (Lipinski definition) is 2. The zero-order valence-electron chi connectivity index (χ0n) is 19.8. The van der Waals surface area contributed by atoms with Gasteiger partial charge in [0.2, 0.25) is 5.91 Å². The van der Waals surface area contributed by atoms with Crippen LogP contribution in [0.15, 0.2) is 34.8 Å². The Kier molecular flexibility index (Phi) is 8.34. The summed E-state index contributed by atoms with van der Waals surface area (Å²) in [5.74, 6) is -2.57. The Balaban J connectivity index is 1.56. The number of nitrogens with one attached hydrogen (secondary N) is 2. The van der Waals surface area contributed by atoms with Crippen molar-refractivity contribution in [1.29, 1.82) is 0 Å². The van der Waals surface area contributed by atoms with Crippen LogP contribution in [0.4, 0.5) is 5.69 Å². The van der Waals surface area contributed by atoms with Crippen LogP contribution >= 0.6 is 15.9 Å². The van der Waals surface area contributed by atoms with Crippen molar-refractivity contribution in [3.8, 4) is 11.5 Å². The second kappa shape index (κ2) is 11.2. The van der Waals surface area contributed by atoms with Crippen LogP contribution in [0.5, 0.6) is 11.5 Å². The molecule has 10 nitrogen and oxygen atoms in total. The Morgan fingerprint density at radius 2 is 1.74 bits per heavy atom. The van der Waals surface area contributed by atoms with Gasteiger partial charge in [-0.2, -0.15) is 0 Å². The van der Waals surface area contributed by atoms with E-state index in [2.05, 4.69) is 26.7 Å². The number of hydrogen-bond acceptors (Lipinski definition) is 7. The Morgan fingerprint density at radius 3 is 2.37 bits per heavy atom. The summed E-state index contributed by atoms with van der Waals surface area (Å²) in [7, 11) is 2.82. The van der Waals surface area contributed by atoms with Crippen molar-refractivity contribution in [2.45, 2.75) is 20.3 Å². The van der Waals surface area contributed by atoms with Crippen LogP contribution in [0.1, 0.15) is 27.9 Å². The van der Waals surface area contributed by atoms with Gasteiger partial charge in [0.1, 0.15) is 17.1 Å². The molecular weight excluding hydrogens is 522 g/mol. The highest BCUT2D eigenvalue weighted by Gasteiger charge is 2.37. The molecule has 0 spiro atoms. The minimum atomic E-state index is -0.827. The number of amides is 3. The number of aryl methyl sites for hydroxylation is 2. The Hall–Kier alpha value is -3.60. The number of ether oxygens (including phenoxy) is 3. The van der Waals surface area contributed by atoms with E-state index in [9.17, 15) is 19.2 Å². The van der Waals surface area contributed by atoms with Gasteiger partial charge in [-0.3, -0.25) is 29.6 Å². The van der Waals surface area contributed by atoms with Gasteiger partial charge in [0, 0.05) is 16.6 Å². The van der Waals surface area contributed by atoms with Crippen molar-refractivity contribution in [2.24, 2.45) is 5.92 Å². The molecule has 2 aromatic carbocycles. The normalized spacial score (nSPS) is 14.9. The van der Waals surface area contributed by atoms with E-state index in [1.165, 1.54) is 14.2 Å². The summed E-state index contributed by atoms with van der Waals surface area (Å²) >= 11 is 3.43. The van der Waals surface area contributed by atoms with E-state index in [1.54, 1.807) is 18.2 Å². The minimum absolute atomic E-state index is 0.0898. The van der Waals surface area contributed by atoms with E-state index in [0.717, 1.165) is 20.6 Å². The number of rotatable bonds is 8. The molecule has 1 fully saturated rings. The maximum Gasteiger partial charge on any atom is 0.311 e. The molecule has 35 heavy (non-hydrogen) atoms. The number of benzene rings is 2. The van der Waals surface area contributed by atoms with E-state index < -0.39 is 36.2 Å². The Morgan fingerprint density at radius 1 is 1.09 bits per heavy atom. The van der Waals surface area contributed by atoms with Gasteiger partial charge in [0.05, 0.1) is 26.7 Å². The predicted octanol–water partition coefficient (Wildman–Crippen LogP) is 2.76. The molecule has 1 aliphatic rings. The highest BCUT2D eigenvalue weighted by Crippen LogP contribution is 2.29. The monoisotopic (exact) mass is 547 g/mol. The maximum atomic E-state index is 12.8. The molecule has 0 aromatic heterocycles. The lowest BCUT2D eigenvalue weighted by molar-refractivity contribution is -0.151. The second-order valence-electron chi connectivity index (χ2n) is 7.96. The van der Waals surface area contributed by atoms with E-state index in [4.69, 9.17) is 14.2 Å². The maximum absolute atomic E-state index is 12.8. The molecule has 0 aliphatic carbocycles. The molecule has 186 valence electrons. The summed E-state index contributed by atoms with van der Waals surface area (Å²) in [6.07, 6.45) is -0.158. The molecule has 1 aliphatic heterocycles. The number of halogens is 1. The highest BCUT2D eigenvalue weighted by atomic mass is 79.9. The van der Waals surface area contributed by atoms with E-state index >= 15 is 0 Å². The molecule has 2 aromatic rings. The standard InChI is InChI=1S/C24H26BrN3O7/c1-13-9-17(14(2)8-16(13)25)26-20(29)12-35-24(32)15-10-21(30)28(11-15)27-23(31)22-18(33-3)6-5-7-19(22)34-4/h5-9,15H,10-12H2,1-4H3,(H,26,29)(H,27,31)/t15-/m0/s1. The van der Waals surface area contributed by atoms with Crippen LogP contribution in [-0.4, -0.2) is 56.1 Å². The SMILES string of the molecule is COc1cccc(OC)c1C(=O)NN1C[C@@H](C(=O)OCC(=O)Nc2cc(C)c(Br)cc2C)CC1=O. The van der Waals surface area contributed by atoms with E-state index in [0.29, 0.717) is 5.69 Å².